The number of hydrogen-bond acceptors (Lipinski definition) is 4. The third-order valence-corrected chi connectivity index (χ3v) is 6.72. The van der Waals surface area contributed by atoms with E-state index in [1.165, 1.54) is 35.7 Å². The monoisotopic (exact) mass is 445 g/mol. The van der Waals surface area contributed by atoms with E-state index in [1.807, 2.05) is 4.90 Å². The largest absolute Gasteiger partial charge is 0.363 e. The molecular formula is C26H31N5O2. The van der Waals surface area contributed by atoms with Crippen molar-refractivity contribution in [2.24, 2.45) is 0 Å². The molecule has 7 heteroatoms. The molecule has 1 saturated heterocycles. The number of benzene rings is 1. The average Bonchev–Trinajstić information content (AvgIpc) is 3.35. The molecule has 2 aromatic rings. The maximum absolute atomic E-state index is 12.9. The summed E-state index contributed by atoms with van der Waals surface area (Å²) in [7, 11) is 1.80. The molecule has 4 rings (SSSR count). The van der Waals surface area contributed by atoms with Crippen molar-refractivity contribution in [2.45, 2.75) is 50.9 Å². The van der Waals surface area contributed by atoms with E-state index < -0.39 is 0 Å². The van der Waals surface area contributed by atoms with Crippen LogP contribution in [0.1, 0.15) is 71.8 Å². The molecule has 1 aromatic heterocycles. The van der Waals surface area contributed by atoms with E-state index in [9.17, 15) is 9.59 Å². The third kappa shape index (κ3) is 5.40. The van der Waals surface area contributed by atoms with Crippen LogP contribution in [-0.4, -0.2) is 53.2 Å². The van der Waals surface area contributed by atoms with Crippen molar-refractivity contribution in [3.05, 3.63) is 64.4 Å². The van der Waals surface area contributed by atoms with E-state index >= 15 is 0 Å². The SMILES string of the molecule is [C-]#[N+]c1cnc(C(=O)Cc2ccc(C3CCN(C(=O)CNC)CC3)cc2C2=CCCCC2)[nH]1. The number of rotatable bonds is 7. The van der Waals surface area contributed by atoms with Gasteiger partial charge in [0.1, 0.15) is 0 Å². The molecule has 0 atom stereocenters. The molecular weight excluding hydrogens is 414 g/mol. The maximum atomic E-state index is 12.9. The Bertz CT molecular complexity index is 1090. The van der Waals surface area contributed by atoms with Crippen LogP contribution in [0.3, 0.4) is 0 Å². The van der Waals surface area contributed by atoms with Gasteiger partial charge in [-0.2, -0.15) is 0 Å². The number of allylic oxidation sites excluding steroid dienone is 2. The fourth-order valence-corrected chi connectivity index (χ4v) is 4.88. The van der Waals surface area contributed by atoms with Crippen LogP contribution in [0.25, 0.3) is 10.4 Å². The van der Waals surface area contributed by atoms with Crippen LogP contribution >= 0.6 is 0 Å². The molecule has 2 N–H and O–H groups in total. The minimum Gasteiger partial charge on any atom is -0.363 e. The molecule has 2 heterocycles. The van der Waals surface area contributed by atoms with Crippen LogP contribution in [0.5, 0.6) is 0 Å². The number of ketones is 1. The zero-order chi connectivity index (χ0) is 23.2. The Labute approximate surface area is 195 Å². The molecule has 172 valence electrons. The van der Waals surface area contributed by atoms with Crippen LogP contribution in [-0.2, 0) is 11.2 Å². The van der Waals surface area contributed by atoms with Crippen LogP contribution in [0.4, 0.5) is 5.82 Å². The Morgan fingerprint density at radius 1 is 1.27 bits per heavy atom. The lowest BCUT2D eigenvalue weighted by Crippen LogP contribution is -2.41. The lowest BCUT2D eigenvalue weighted by molar-refractivity contribution is -0.131. The van der Waals surface area contributed by atoms with Gasteiger partial charge in [0.05, 0.1) is 12.7 Å². The average molecular weight is 446 g/mol. The number of aromatic amines is 1. The Hall–Kier alpha value is -3.24. The summed E-state index contributed by atoms with van der Waals surface area (Å²) in [6.07, 6.45) is 10.4. The number of aromatic nitrogens is 2. The molecule has 33 heavy (non-hydrogen) atoms. The Morgan fingerprint density at radius 3 is 2.76 bits per heavy atom. The summed E-state index contributed by atoms with van der Waals surface area (Å²) in [5, 5.41) is 2.94. The van der Waals surface area contributed by atoms with E-state index in [4.69, 9.17) is 6.57 Å². The van der Waals surface area contributed by atoms with E-state index in [2.05, 4.69) is 44.4 Å². The summed E-state index contributed by atoms with van der Waals surface area (Å²) in [6, 6.07) is 6.52. The van der Waals surface area contributed by atoms with Crippen molar-refractivity contribution in [1.82, 2.24) is 20.2 Å². The smallest absolute Gasteiger partial charge is 0.248 e. The summed E-state index contributed by atoms with van der Waals surface area (Å²) in [4.78, 5) is 37.2. The van der Waals surface area contributed by atoms with Gasteiger partial charge in [0, 0.05) is 19.5 Å². The fourth-order valence-electron chi connectivity index (χ4n) is 4.88. The number of H-pyrrole nitrogens is 1. The van der Waals surface area contributed by atoms with Crippen LogP contribution < -0.4 is 5.32 Å². The lowest BCUT2D eigenvalue weighted by atomic mass is 9.83. The number of carbonyl (C=O) groups excluding carboxylic acids is 2. The summed E-state index contributed by atoms with van der Waals surface area (Å²) < 4.78 is 0. The Morgan fingerprint density at radius 2 is 2.09 bits per heavy atom. The van der Waals surface area contributed by atoms with E-state index in [1.54, 1.807) is 7.05 Å². The molecule has 1 aromatic carbocycles. The van der Waals surface area contributed by atoms with Crippen LogP contribution in [0.15, 0.2) is 30.5 Å². The van der Waals surface area contributed by atoms with Gasteiger partial charge in [-0.1, -0.05) is 30.8 Å². The fraction of sp³-hybridized carbons (Fsp3) is 0.462. The first-order valence-electron chi connectivity index (χ1n) is 11.8. The number of nitrogens with one attached hydrogen (secondary N) is 2. The zero-order valence-electron chi connectivity index (χ0n) is 19.2. The van der Waals surface area contributed by atoms with Gasteiger partial charge in [0.25, 0.3) is 0 Å². The summed E-state index contributed by atoms with van der Waals surface area (Å²) in [6.45, 7) is 9.03. The summed E-state index contributed by atoms with van der Waals surface area (Å²) >= 11 is 0. The minimum absolute atomic E-state index is 0.105. The molecule has 0 spiro atoms. The number of likely N-dealkylation sites (N-methyl/N-ethyl adjacent to an activating group) is 1. The second-order valence-electron chi connectivity index (χ2n) is 8.91. The first kappa shape index (κ1) is 22.9. The van der Waals surface area contributed by atoms with Crippen molar-refractivity contribution in [2.75, 3.05) is 26.7 Å². The maximum Gasteiger partial charge on any atom is 0.248 e. The predicted molar refractivity (Wildman–Crippen MR) is 128 cm³/mol. The van der Waals surface area contributed by atoms with Gasteiger partial charge >= 0.3 is 0 Å². The molecule has 1 aliphatic carbocycles. The number of carbonyl (C=O) groups is 2. The van der Waals surface area contributed by atoms with Crippen molar-refractivity contribution in [1.29, 1.82) is 0 Å². The highest BCUT2D eigenvalue weighted by Gasteiger charge is 2.25. The number of imidazole rings is 1. The normalized spacial score (nSPS) is 16.8. The minimum atomic E-state index is -0.105. The highest BCUT2D eigenvalue weighted by Crippen LogP contribution is 2.35. The number of amides is 1. The van der Waals surface area contributed by atoms with Crippen molar-refractivity contribution >= 4 is 23.1 Å². The summed E-state index contributed by atoms with van der Waals surface area (Å²) in [5.41, 5.74) is 4.81. The number of hydrogen-bond donors (Lipinski definition) is 2. The van der Waals surface area contributed by atoms with Gasteiger partial charge < -0.3 is 15.1 Å². The second-order valence-corrected chi connectivity index (χ2v) is 8.91. The predicted octanol–water partition coefficient (Wildman–Crippen LogP) is 4.27. The topological polar surface area (TPSA) is 82.4 Å². The standard InChI is InChI=1S/C26H31N5O2/c1-27-17-25(33)31-12-10-18(11-13-31)20-8-9-21(22(14-20)19-6-4-3-5-7-19)15-23(32)26-29-16-24(28-2)30-26/h6,8-9,14,16,18,27H,3-5,7,10-13,15,17H2,1H3,(H,29,30). The number of Topliss-reactive ketones (excluding diaryl/α,β-unsaturated/α-hetero) is 1. The molecule has 1 fully saturated rings. The summed E-state index contributed by atoms with van der Waals surface area (Å²) in [5.74, 6) is 1.00. The Balaban J connectivity index is 1.54. The lowest BCUT2D eigenvalue weighted by Gasteiger charge is -2.32. The van der Waals surface area contributed by atoms with Crippen molar-refractivity contribution in [3.63, 3.8) is 0 Å². The van der Waals surface area contributed by atoms with E-state index in [0.29, 0.717) is 12.5 Å². The van der Waals surface area contributed by atoms with Gasteiger partial charge in [-0.15, -0.1) is 0 Å². The molecule has 0 radical (unpaired) electrons. The molecule has 7 nitrogen and oxygen atoms in total. The van der Waals surface area contributed by atoms with Gasteiger partial charge in [0.2, 0.25) is 23.3 Å². The van der Waals surface area contributed by atoms with E-state index in [0.717, 1.165) is 44.3 Å². The van der Waals surface area contributed by atoms with Crippen molar-refractivity contribution < 1.29 is 9.59 Å². The molecule has 0 saturated carbocycles. The molecule has 2 aliphatic rings. The first-order chi connectivity index (χ1) is 16.1. The van der Waals surface area contributed by atoms with Gasteiger partial charge in [-0.05, 0) is 73.8 Å². The quantitative estimate of drug-likeness (QED) is 0.493. The van der Waals surface area contributed by atoms with Gasteiger partial charge in [0.15, 0.2) is 0 Å². The number of nitrogens with zero attached hydrogens (tertiary/aromatic N) is 3. The van der Waals surface area contributed by atoms with Crippen LogP contribution in [0, 0.1) is 6.57 Å². The molecule has 1 aliphatic heterocycles. The highest BCUT2D eigenvalue weighted by atomic mass is 16.2. The van der Waals surface area contributed by atoms with Gasteiger partial charge in [-0.25, -0.2) is 4.98 Å². The third-order valence-electron chi connectivity index (χ3n) is 6.72. The molecule has 0 unspecified atom stereocenters. The zero-order valence-corrected chi connectivity index (χ0v) is 19.2. The molecule has 0 bridgehead atoms. The second kappa shape index (κ2) is 10.6. The first-order valence-corrected chi connectivity index (χ1v) is 11.8. The van der Waals surface area contributed by atoms with Crippen molar-refractivity contribution in [3.8, 4) is 0 Å². The van der Waals surface area contributed by atoms with Crippen LogP contribution in [0.2, 0.25) is 0 Å². The van der Waals surface area contributed by atoms with Gasteiger partial charge in [-0.3, -0.25) is 14.6 Å². The highest BCUT2D eigenvalue weighted by molar-refractivity contribution is 5.95. The molecule has 1 amide bonds. The van der Waals surface area contributed by atoms with E-state index in [-0.39, 0.29) is 29.8 Å². The number of piperidine rings is 1. The Kier molecular flexibility index (Phi) is 7.36. The number of likely N-dealkylation sites (tertiary alicyclic amines) is 1.